The van der Waals surface area contributed by atoms with Gasteiger partial charge in [0, 0.05) is 24.1 Å². The van der Waals surface area contributed by atoms with E-state index >= 15 is 0 Å². The fourth-order valence-electron chi connectivity index (χ4n) is 4.23. The van der Waals surface area contributed by atoms with Crippen LogP contribution >= 0.6 is 0 Å². The second-order valence-electron chi connectivity index (χ2n) is 8.29. The molecule has 2 aromatic heterocycles. The van der Waals surface area contributed by atoms with Gasteiger partial charge in [-0.05, 0) is 56.9 Å². The van der Waals surface area contributed by atoms with Gasteiger partial charge in [0.15, 0.2) is 17.3 Å². The second-order valence-corrected chi connectivity index (χ2v) is 8.29. The van der Waals surface area contributed by atoms with Crippen molar-refractivity contribution in [2.24, 2.45) is 5.10 Å². The number of methoxy groups -OCH3 is 2. The van der Waals surface area contributed by atoms with Crippen LogP contribution in [0.1, 0.15) is 62.0 Å². The van der Waals surface area contributed by atoms with Crippen LogP contribution < -0.4 is 20.2 Å². The van der Waals surface area contributed by atoms with E-state index in [1.165, 1.54) is 6.26 Å². The summed E-state index contributed by atoms with van der Waals surface area (Å²) in [5.74, 6) is 2.19. The van der Waals surface area contributed by atoms with Crippen molar-refractivity contribution in [1.82, 2.24) is 10.7 Å². The molecule has 9 heteroatoms. The molecule has 0 fully saturated rings. The van der Waals surface area contributed by atoms with Gasteiger partial charge in [0.2, 0.25) is 0 Å². The summed E-state index contributed by atoms with van der Waals surface area (Å²) in [7, 11) is 3.18. The maximum absolute atomic E-state index is 12.9. The number of furan rings is 2. The van der Waals surface area contributed by atoms with Gasteiger partial charge in [-0.1, -0.05) is 6.07 Å². The fourth-order valence-corrected chi connectivity index (χ4v) is 4.23. The Morgan fingerprint density at radius 2 is 1.86 bits per heavy atom. The van der Waals surface area contributed by atoms with Gasteiger partial charge in [0.1, 0.15) is 11.5 Å². The molecule has 0 saturated carbocycles. The van der Waals surface area contributed by atoms with Crippen LogP contribution in [0.3, 0.4) is 0 Å². The van der Waals surface area contributed by atoms with Crippen molar-refractivity contribution in [1.29, 1.82) is 0 Å². The van der Waals surface area contributed by atoms with Crippen LogP contribution in [0.15, 0.2) is 44.5 Å². The van der Waals surface area contributed by atoms with E-state index in [-0.39, 0.29) is 17.6 Å². The molecule has 2 N–H and O–H groups in total. The number of ether oxygens (including phenoxy) is 2. The molecule has 0 spiro atoms. The minimum Gasteiger partial charge on any atom is -0.493 e. The number of benzene rings is 1. The van der Waals surface area contributed by atoms with Crippen LogP contribution in [0.4, 0.5) is 0 Å². The summed E-state index contributed by atoms with van der Waals surface area (Å²) in [6.07, 6.45) is 4.30. The van der Waals surface area contributed by atoms with Gasteiger partial charge in [0.25, 0.3) is 11.8 Å². The highest BCUT2D eigenvalue weighted by molar-refractivity contribution is 6.07. The SMILES string of the molecule is COc1ccc(CCNC(=O)c2oc3c(c2C)/C(=N/NC(=O)c2ccoc2C)CCC3)cc1OC. The summed E-state index contributed by atoms with van der Waals surface area (Å²) in [6.45, 7) is 3.99. The van der Waals surface area contributed by atoms with E-state index in [2.05, 4.69) is 15.8 Å². The topological polar surface area (TPSA) is 115 Å². The van der Waals surface area contributed by atoms with Gasteiger partial charge in [-0.15, -0.1) is 0 Å². The summed E-state index contributed by atoms with van der Waals surface area (Å²) >= 11 is 0. The number of nitrogens with zero attached hydrogens (tertiary/aromatic N) is 1. The summed E-state index contributed by atoms with van der Waals surface area (Å²) < 4.78 is 21.7. The molecule has 0 bridgehead atoms. The van der Waals surface area contributed by atoms with E-state index in [1.807, 2.05) is 25.1 Å². The maximum atomic E-state index is 12.9. The normalized spacial score (nSPS) is 13.9. The van der Waals surface area contributed by atoms with Gasteiger partial charge in [0.05, 0.1) is 31.8 Å². The van der Waals surface area contributed by atoms with Crippen molar-refractivity contribution >= 4 is 17.5 Å². The van der Waals surface area contributed by atoms with Crippen molar-refractivity contribution in [3.05, 3.63) is 70.1 Å². The predicted molar refractivity (Wildman–Crippen MR) is 129 cm³/mol. The third-order valence-corrected chi connectivity index (χ3v) is 6.07. The molecular weight excluding hydrogens is 450 g/mol. The monoisotopic (exact) mass is 479 g/mol. The summed E-state index contributed by atoms with van der Waals surface area (Å²) in [4.78, 5) is 25.3. The molecule has 35 heavy (non-hydrogen) atoms. The van der Waals surface area contributed by atoms with Crippen LogP contribution in [-0.2, 0) is 12.8 Å². The molecule has 0 unspecified atom stereocenters. The van der Waals surface area contributed by atoms with Crippen molar-refractivity contribution in [2.45, 2.75) is 39.5 Å². The van der Waals surface area contributed by atoms with E-state index < -0.39 is 0 Å². The molecule has 0 aliphatic heterocycles. The number of nitrogens with one attached hydrogen (secondary N) is 2. The van der Waals surface area contributed by atoms with E-state index in [9.17, 15) is 9.59 Å². The molecule has 4 rings (SSSR count). The average molecular weight is 480 g/mol. The quantitative estimate of drug-likeness (QED) is 0.473. The van der Waals surface area contributed by atoms with Crippen molar-refractivity contribution in [3.8, 4) is 11.5 Å². The first-order valence-corrected chi connectivity index (χ1v) is 11.5. The van der Waals surface area contributed by atoms with Gasteiger partial charge in [-0.2, -0.15) is 5.10 Å². The lowest BCUT2D eigenvalue weighted by molar-refractivity contribution is 0.0922. The molecule has 1 aliphatic rings. The van der Waals surface area contributed by atoms with Gasteiger partial charge in [-0.25, -0.2) is 5.43 Å². The molecule has 0 atom stereocenters. The van der Waals surface area contributed by atoms with Gasteiger partial charge in [-0.3, -0.25) is 9.59 Å². The summed E-state index contributed by atoms with van der Waals surface area (Å²) in [5.41, 5.74) is 6.26. The minimum absolute atomic E-state index is 0.272. The molecule has 1 aromatic carbocycles. The number of carbonyl (C=O) groups is 2. The molecule has 1 aliphatic carbocycles. The second kappa shape index (κ2) is 10.5. The van der Waals surface area contributed by atoms with Crippen LogP contribution in [0.2, 0.25) is 0 Å². The molecule has 2 heterocycles. The molecule has 0 radical (unpaired) electrons. The molecular formula is C26H29N3O6. The van der Waals surface area contributed by atoms with E-state index in [1.54, 1.807) is 27.2 Å². The van der Waals surface area contributed by atoms with E-state index in [0.717, 1.165) is 23.1 Å². The maximum Gasteiger partial charge on any atom is 0.287 e. The third kappa shape index (κ3) is 5.08. The highest BCUT2D eigenvalue weighted by Crippen LogP contribution is 2.30. The zero-order valence-electron chi connectivity index (χ0n) is 20.3. The molecule has 0 saturated heterocycles. The highest BCUT2D eigenvalue weighted by atomic mass is 16.5. The Hall–Kier alpha value is -4.01. The number of rotatable bonds is 8. The summed E-state index contributed by atoms with van der Waals surface area (Å²) in [6, 6.07) is 7.27. The lowest BCUT2D eigenvalue weighted by atomic mass is 9.93. The van der Waals surface area contributed by atoms with Crippen LogP contribution in [0, 0.1) is 13.8 Å². The van der Waals surface area contributed by atoms with Gasteiger partial charge < -0.3 is 23.6 Å². The standard InChI is InChI=1S/C26H29N3O6/c1-15-23-19(28-29-25(30)18-11-13-34-16(18)2)6-5-7-21(23)35-24(15)26(31)27-12-10-17-8-9-20(32-3)22(14-17)33-4/h8-9,11,13-14H,5-7,10,12H2,1-4H3,(H,27,31)(H,29,30)/b28-19+. The van der Waals surface area contributed by atoms with Crippen LogP contribution in [0.25, 0.3) is 0 Å². The Kier molecular flexibility index (Phi) is 7.24. The first-order valence-electron chi connectivity index (χ1n) is 11.5. The zero-order valence-corrected chi connectivity index (χ0v) is 20.3. The minimum atomic E-state index is -0.342. The van der Waals surface area contributed by atoms with Crippen LogP contribution in [-0.4, -0.2) is 38.3 Å². The van der Waals surface area contributed by atoms with Crippen molar-refractivity contribution < 1.29 is 27.9 Å². The molecule has 9 nitrogen and oxygen atoms in total. The van der Waals surface area contributed by atoms with Crippen molar-refractivity contribution in [2.75, 3.05) is 20.8 Å². The van der Waals surface area contributed by atoms with E-state index in [4.69, 9.17) is 18.3 Å². The Bertz CT molecular complexity index is 1270. The lowest BCUT2D eigenvalue weighted by Gasteiger charge is -2.13. The summed E-state index contributed by atoms with van der Waals surface area (Å²) in [5, 5.41) is 7.28. The van der Waals surface area contributed by atoms with Gasteiger partial charge >= 0.3 is 0 Å². The Morgan fingerprint density at radius 1 is 1.06 bits per heavy atom. The Labute approximate surface area is 203 Å². The number of hydrogen-bond acceptors (Lipinski definition) is 7. The predicted octanol–water partition coefficient (Wildman–Crippen LogP) is 3.95. The Balaban J connectivity index is 1.43. The van der Waals surface area contributed by atoms with E-state index in [0.29, 0.717) is 60.1 Å². The first kappa shape index (κ1) is 24.1. The largest absolute Gasteiger partial charge is 0.493 e. The fraction of sp³-hybridized carbons (Fsp3) is 0.346. The van der Waals surface area contributed by atoms with Crippen LogP contribution in [0.5, 0.6) is 11.5 Å². The number of carbonyl (C=O) groups excluding carboxylic acids is 2. The first-order chi connectivity index (χ1) is 16.9. The average Bonchev–Trinajstić information content (AvgIpc) is 3.45. The number of aryl methyl sites for hydroxylation is 2. The molecule has 184 valence electrons. The number of hydrogen-bond donors (Lipinski definition) is 2. The number of fused-ring (bicyclic) bond motifs is 1. The third-order valence-electron chi connectivity index (χ3n) is 6.07. The molecule has 2 amide bonds. The number of amides is 2. The number of hydrazone groups is 1. The lowest BCUT2D eigenvalue weighted by Crippen LogP contribution is -2.26. The smallest absolute Gasteiger partial charge is 0.287 e. The Morgan fingerprint density at radius 3 is 2.57 bits per heavy atom. The molecule has 3 aromatic rings. The van der Waals surface area contributed by atoms with Crippen molar-refractivity contribution in [3.63, 3.8) is 0 Å². The highest BCUT2D eigenvalue weighted by Gasteiger charge is 2.28. The zero-order chi connectivity index (χ0) is 24.9.